The third kappa shape index (κ3) is 2.77. The van der Waals surface area contributed by atoms with Crippen molar-refractivity contribution in [2.75, 3.05) is 0 Å². The Morgan fingerprint density at radius 1 is 0.952 bits per heavy atom. The third-order valence-electron chi connectivity index (χ3n) is 3.33. The van der Waals surface area contributed by atoms with Gasteiger partial charge in [0, 0.05) is 17.2 Å². The van der Waals surface area contributed by atoms with E-state index in [0.717, 1.165) is 16.7 Å². The first kappa shape index (κ1) is 13.3. The van der Waals surface area contributed by atoms with E-state index in [0.29, 0.717) is 17.0 Å². The number of hydrogen-bond donors (Lipinski definition) is 0. The quantitative estimate of drug-likeness (QED) is 0.674. The van der Waals surface area contributed by atoms with Gasteiger partial charge in [0.25, 0.3) is 0 Å². The second-order valence-corrected chi connectivity index (χ2v) is 5.14. The first-order valence-corrected chi connectivity index (χ1v) is 6.78. The summed E-state index contributed by atoms with van der Waals surface area (Å²) in [7, 11) is 0. The molecule has 3 aromatic rings. The summed E-state index contributed by atoms with van der Waals surface area (Å²) < 4.78 is 5.31. The van der Waals surface area contributed by atoms with Gasteiger partial charge in [0.15, 0.2) is 11.5 Å². The fourth-order valence-electron chi connectivity index (χ4n) is 2.25. The standard InChI is InChI=1S/C18H15NO2/c1-12-5-3-7-14(9-12)17-11-16(19-21-17)18(20)15-8-4-6-13(2)10-15/h3-11H,1-2H3. The second kappa shape index (κ2) is 5.37. The number of aryl methyl sites for hydroxylation is 2. The molecule has 0 saturated carbocycles. The van der Waals surface area contributed by atoms with Gasteiger partial charge >= 0.3 is 0 Å². The van der Waals surface area contributed by atoms with Crippen LogP contribution in [-0.4, -0.2) is 10.9 Å². The van der Waals surface area contributed by atoms with Crippen LogP contribution in [0.3, 0.4) is 0 Å². The predicted molar refractivity (Wildman–Crippen MR) is 81.3 cm³/mol. The van der Waals surface area contributed by atoms with Crippen molar-refractivity contribution in [1.29, 1.82) is 0 Å². The first-order valence-electron chi connectivity index (χ1n) is 6.78. The molecule has 3 nitrogen and oxygen atoms in total. The maximum atomic E-state index is 12.4. The van der Waals surface area contributed by atoms with Crippen LogP contribution in [0.15, 0.2) is 59.1 Å². The third-order valence-corrected chi connectivity index (χ3v) is 3.33. The van der Waals surface area contributed by atoms with Crippen molar-refractivity contribution in [3.8, 4) is 11.3 Å². The van der Waals surface area contributed by atoms with E-state index < -0.39 is 0 Å². The number of hydrogen-bond acceptors (Lipinski definition) is 3. The fourth-order valence-corrected chi connectivity index (χ4v) is 2.25. The van der Waals surface area contributed by atoms with Gasteiger partial charge in [-0.3, -0.25) is 4.79 Å². The predicted octanol–water partition coefficient (Wildman–Crippen LogP) is 4.19. The Bertz CT molecular complexity index is 802. The minimum Gasteiger partial charge on any atom is -0.356 e. The molecule has 21 heavy (non-hydrogen) atoms. The van der Waals surface area contributed by atoms with E-state index in [1.165, 1.54) is 0 Å². The van der Waals surface area contributed by atoms with Gasteiger partial charge < -0.3 is 4.52 Å². The number of aromatic nitrogens is 1. The van der Waals surface area contributed by atoms with Crippen LogP contribution in [0.5, 0.6) is 0 Å². The van der Waals surface area contributed by atoms with E-state index in [1.54, 1.807) is 12.1 Å². The average molecular weight is 277 g/mol. The summed E-state index contributed by atoms with van der Waals surface area (Å²) in [5.74, 6) is 0.482. The molecule has 0 N–H and O–H groups in total. The van der Waals surface area contributed by atoms with Crippen LogP contribution in [0.1, 0.15) is 27.2 Å². The molecule has 0 spiro atoms. The van der Waals surface area contributed by atoms with Crippen LogP contribution in [0.2, 0.25) is 0 Å². The minimum atomic E-state index is -0.124. The van der Waals surface area contributed by atoms with Crippen molar-refractivity contribution >= 4 is 5.78 Å². The molecule has 3 heteroatoms. The molecule has 0 unspecified atom stereocenters. The Kier molecular flexibility index (Phi) is 3.40. The van der Waals surface area contributed by atoms with Gasteiger partial charge in [-0.25, -0.2) is 0 Å². The molecule has 2 aromatic carbocycles. The van der Waals surface area contributed by atoms with E-state index in [-0.39, 0.29) is 5.78 Å². The largest absolute Gasteiger partial charge is 0.356 e. The van der Waals surface area contributed by atoms with Crippen molar-refractivity contribution < 1.29 is 9.32 Å². The molecule has 0 aliphatic heterocycles. The molecule has 0 radical (unpaired) electrons. The highest BCUT2D eigenvalue weighted by molar-refractivity contribution is 6.08. The number of carbonyl (C=O) groups excluding carboxylic acids is 1. The highest BCUT2D eigenvalue weighted by Gasteiger charge is 2.15. The zero-order valence-corrected chi connectivity index (χ0v) is 12.0. The molecule has 104 valence electrons. The molecule has 0 saturated heterocycles. The summed E-state index contributed by atoms with van der Waals surface area (Å²) in [4.78, 5) is 12.4. The van der Waals surface area contributed by atoms with E-state index in [4.69, 9.17) is 4.52 Å². The SMILES string of the molecule is Cc1cccc(C(=O)c2cc(-c3cccc(C)c3)on2)c1. The minimum absolute atomic E-state index is 0.124. The van der Waals surface area contributed by atoms with Crippen LogP contribution in [0.25, 0.3) is 11.3 Å². The molecule has 0 bridgehead atoms. The number of rotatable bonds is 3. The molecule has 1 aromatic heterocycles. The molecule has 0 atom stereocenters. The van der Waals surface area contributed by atoms with E-state index in [1.807, 2.05) is 56.3 Å². The first-order chi connectivity index (χ1) is 10.1. The van der Waals surface area contributed by atoms with Crippen molar-refractivity contribution in [3.63, 3.8) is 0 Å². The maximum Gasteiger partial charge on any atom is 0.214 e. The molecular weight excluding hydrogens is 262 g/mol. The molecule has 0 aliphatic carbocycles. The maximum absolute atomic E-state index is 12.4. The lowest BCUT2D eigenvalue weighted by Gasteiger charge is -1.98. The van der Waals surface area contributed by atoms with E-state index in [9.17, 15) is 4.79 Å². The van der Waals surface area contributed by atoms with Crippen molar-refractivity contribution in [2.45, 2.75) is 13.8 Å². The van der Waals surface area contributed by atoms with Gasteiger partial charge in [0.05, 0.1) is 0 Å². The van der Waals surface area contributed by atoms with Gasteiger partial charge in [-0.1, -0.05) is 52.7 Å². The van der Waals surface area contributed by atoms with Gasteiger partial charge in [-0.15, -0.1) is 0 Å². The smallest absolute Gasteiger partial charge is 0.214 e. The lowest BCUT2D eigenvalue weighted by molar-refractivity contribution is 0.103. The van der Waals surface area contributed by atoms with Gasteiger partial charge in [-0.2, -0.15) is 0 Å². The van der Waals surface area contributed by atoms with E-state index >= 15 is 0 Å². The normalized spacial score (nSPS) is 10.6. The lowest BCUT2D eigenvalue weighted by atomic mass is 10.0. The highest BCUT2D eigenvalue weighted by atomic mass is 16.5. The second-order valence-electron chi connectivity index (χ2n) is 5.14. The lowest BCUT2D eigenvalue weighted by Crippen LogP contribution is -2.01. The summed E-state index contributed by atoms with van der Waals surface area (Å²) in [6.45, 7) is 3.97. The van der Waals surface area contributed by atoms with Crippen LogP contribution in [-0.2, 0) is 0 Å². The molecule has 3 rings (SSSR count). The number of carbonyl (C=O) groups is 1. The van der Waals surface area contributed by atoms with Gasteiger partial charge in [0.1, 0.15) is 0 Å². The summed E-state index contributed by atoms with van der Waals surface area (Å²) in [6.07, 6.45) is 0. The monoisotopic (exact) mass is 277 g/mol. The van der Waals surface area contributed by atoms with Crippen molar-refractivity contribution in [3.05, 3.63) is 77.0 Å². The molecule has 0 fully saturated rings. The summed E-state index contributed by atoms with van der Waals surface area (Å²) in [5, 5.41) is 3.90. The molecule has 0 aliphatic rings. The van der Waals surface area contributed by atoms with Crippen LogP contribution >= 0.6 is 0 Å². The van der Waals surface area contributed by atoms with E-state index in [2.05, 4.69) is 5.16 Å². The Balaban J connectivity index is 1.93. The fraction of sp³-hybridized carbons (Fsp3) is 0.111. The summed E-state index contributed by atoms with van der Waals surface area (Å²) in [6, 6.07) is 17.1. The van der Waals surface area contributed by atoms with Crippen LogP contribution in [0, 0.1) is 13.8 Å². The number of benzene rings is 2. The Morgan fingerprint density at radius 2 is 1.67 bits per heavy atom. The zero-order chi connectivity index (χ0) is 14.8. The highest BCUT2D eigenvalue weighted by Crippen LogP contribution is 2.22. The summed E-state index contributed by atoms with van der Waals surface area (Å²) in [5.41, 5.74) is 4.06. The summed E-state index contributed by atoms with van der Waals surface area (Å²) >= 11 is 0. The molecule has 0 amide bonds. The van der Waals surface area contributed by atoms with Crippen molar-refractivity contribution in [1.82, 2.24) is 5.16 Å². The zero-order valence-electron chi connectivity index (χ0n) is 12.0. The number of ketones is 1. The molecular formula is C18H15NO2. The number of nitrogens with zero attached hydrogens (tertiary/aromatic N) is 1. The van der Waals surface area contributed by atoms with Crippen LogP contribution < -0.4 is 0 Å². The Labute approximate surface area is 123 Å². The van der Waals surface area contributed by atoms with Crippen LogP contribution in [0.4, 0.5) is 0 Å². The van der Waals surface area contributed by atoms with Crippen molar-refractivity contribution in [2.24, 2.45) is 0 Å². The Hall–Kier alpha value is -2.68. The van der Waals surface area contributed by atoms with Gasteiger partial charge in [0.2, 0.25) is 5.78 Å². The van der Waals surface area contributed by atoms with Gasteiger partial charge in [-0.05, 0) is 26.0 Å². The molecule has 1 heterocycles. The average Bonchev–Trinajstić information content (AvgIpc) is 2.96. The Morgan fingerprint density at radius 3 is 2.38 bits per heavy atom. The topological polar surface area (TPSA) is 43.1 Å².